The number of anilines is 1. The Bertz CT molecular complexity index is 1110. The molecule has 0 radical (unpaired) electrons. The summed E-state index contributed by atoms with van der Waals surface area (Å²) in [6.45, 7) is 3.02. The molecule has 4 rings (SSSR count). The third-order valence-electron chi connectivity index (χ3n) is 4.01. The fourth-order valence-electron chi connectivity index (χ4n) is 2.69. The quantitative estimate of drug-likeness (QED) is 0.555. The van der Waals surface area contributed by atoms with Crippen LogP contribution in [0.5, 0.6) is 0 Å². The van der Waals surface area contributed by atoms with Crippen LogP contribution in [0, 0.1) is 0 Å². The largest absolute Gasteiger partial charge is 0.338 e. The molecule has 0 saturated heterocycles. The van der Waals surface area contributed by atoms with Crippen LogP contribution < -0.4 is 10.6 Å². The Kier molecular flexibility index (Phi) is 4.87. The van der Waals surface area contributed by atoms with Gasteiger partial charge in [0.05, 0.1) is 24.6 Å². The first-order valence-corrected chi connectivity index (χ1v) is 8.81. The van der Waals surface area contributed by atoms with Crippen LogP contribution in [0.2, 0.25) is 0 Å². The van der Waals surface area contributed by atoms with Gasteiger partial charge in [-0.1, -0.05) is 0 Å². The van der Waals surface area contributed by atoms with Crippen LogP contribution in [0.4, 0.5) is 10.6 Å². The molecule has 2 N–H and O–H groups in total. The van der Waals surface area contributed by atoms with Crippen molar-refractivity contribution < 1.29 is 4.79 Å². The number of nitrogens with zero attached hydrogens (tertiary/aromatic N) is 6. The van der Waals surface area contributed by atoms with Crippen molar-refractivity contribution in [3.05, 3.63) is 60.8 Å². The number of hydrogen-bond acceptors (Lipinski definition) is 6. The number of amides is 2. The van der Waals surface area contributed by atoms with Gasteiger partial charge in [-0.2, -0.15) is 5.10 Å². The highest BCUT2D eigenvalue weighted by atomic mass is 16.2. The smallest absolute Gasteiger partial charge is 0.320 e. The van der Waals surface area contributed by atoms with Crippen molar-refractivity contribution in [3.63, 3.8) is 0 Å². The first kappa shape index (κ1) is 17.5. The molecule has 0 spiro atoms. The van der Waals surface area contributed by atoms with Crippen LogP contribution >= 0.6 is 0 Å². The first-order chi connectivity index (χ1) is 13.7. The van der Waals surface area contributed by atoms with E-state index in [4.69, 9.17) is 0 Å². The minimum absolute atomic E-state index is 0.309. The van der Waals surface area contributed by atoms with E-state index < -0.39 is 0 Å². The molecule has 0 aliphatic rings. The molecular formula is C19H18N8O. The predicted octanol–water partition coefficient (Wildman–Crippen LogP) is 2.47. The van der Waals surface area contributed by atoms with Crippen molar-refractivity contribution in [2.75, 3.05) is 11.9 Å². The summed E-state index contributed by atoms with van der Waals surface area (Å²) in [7, 11) is 0. The third kappa shape index (κ3) is 3.93. The lowest BCUT2D eigenvalue weighted by atomic mass is 10.2. The Morgan fingerprint density at radius 2 is 1.96 bits per heavy atom. The van der Waals surface area contributed by atoms with Crippen LogP contribution in [0.1, 0.15) is 12.5 Å². The number of pyridine rings is 2. The molecule has 0 aromatic carbocycles. The molecule has 0 fully saturated rings. The average Bonchev–Trinajstić information content (AvgIpc) is 3.17. The Morgan fingerprint density at radius 1 is 1.11 bits per heavy atom. The highest BCUT2D eigenvalue weighted by molar-refractivity contribution is 5.89. The number of rotatable bonds is 5. The van der Waals surface area contributed by atoms with Gasteiger partial charge in [-0.15, -0.1) is 0 Å². The second-order valence-corrected chi connectivity index (χ2v) is 6.06. The van der Waals surface area contributed by atoms with Crippen molar-refractivity contribution in [3.8, 4) is 11.3 Å². The molecule has 4 heterocycles. The van der Waals surface area contributed by atoms with Crippen LogP contribution in [0.3, 0.4) is 0 Å². The van der Waals surface area contributed by atoms with Gasteiger partial charge in [0.25, 0.3) is 0 Å². The summed E-state index contributed by atoms with van der Waals surface area (Å²) >= 11 is 0. The van der Waals surface area contributed by atoms with Crippen molar-refractivity contribution in [1.82, 2.24) is 35.0 Å². The average molecular weight is 374 g/mol. The van der Waals surface area contributed by atoms with Gasteiger partial charge in [-0.3, -0.25) is 20.0 Å². The number of fused-ring (bicyclic) bond motifs is 1. The zero-order valence-corrected chi connectivity index (χ0v) is 15.2. The minimum Gasteiger partial charge on any atom is -0.338 e. The molecular weight excluding hydrogens is 356 g/mol. The van der Waals surface area contributed by atoms with Crippen molar-refractivity contribution >= 4 is 23.0 Å². The molecule has 2 amide bonds. The molecule has 4 aromatic heterocycles. The molecule has 0 unspecified atom stereocenters. The molecule has 0 aliphatic heterocycles. The van der Waals surface area contributed by atoms with E-state index in [1.165, 1.54) is 0 Å². The molecule has 0 atom stereocenters. The molecule has 28 heavy (non-hydrogen) atoms. The monoisotopic (exact) mass is 374 g/mol. The number of urea groups is 1. The summed E-state index contributed by atoms with van der Waals surface area (Å²) in [4.78, 5) is 29.1. The van der Waals surface area contributed by atoms with E-state index in [0.29, 0.717) is 35.8 Å². The van der Waals surface area contributed by atoms with Gasteiger partial charge in [0.1, 0.15) is 11.3 Å². The Labute approximate surface area is 160 Å². The summed E-state index contributed by atoms with van der Waals surface area (Å²) in [6, 6.07) is 7.05. The van der Waals surface area contributed by atoms with Gasteiger partial charge in [0.2, 0.25) is 0 Å². The summed E-state index contributed by atoms with van der Waals surface area (Å²) in [5.41, 5.74) is 3.71. The van der Waals surface area contributed by atoms with Gasteiger partial charge < -0.3 is 5.32 Å². The van der Waals surface area contributed by atoms with Gasteiger partial charge >= 0.3 is 6.03 Å². The highest BCUT2D eigenvalue weighted by Crippen LogP contribution is 2.19. The lowest BCUT2D eigenvalue weighted by Crippen LogP contribution is -2.28. The van der Waals surface area contributed by atoms with Crippen molar-refractivity contribution in [2.24, 2.45) is 0 Å². The molecule has 0 aliphatic carbocycles. The zero-order chi connectivity index (χ0) is 19.3. The van der Waals surface area contributed by atoms with Crippen LogP contribution in [0.25, 0.3) is 22.4 Å². The van der Waals surface area contributed by atoms with E-state index in [0.717, 1.165) is 11.1 Å². The number of aromatic nitrogens is 6. The molecule has 140 valence electrons. The van der Waals surface area contributed by atoms with Crippen LogP contribution in [0.15, 0.2) is 55.2 Å². The Balaban J connectivity index is 1.57. The van der Waals surface area contributed by atoms with E-state index in [2.05, 4.69) is 35.7 Å². The number of nitrogens with one attached hydrogen (secondary N) is 2. The van der Waals surface area contributed by atoms with Gasteiger partial charge in [-0.05, 0) is 36.8 Å². The van der Waals surface area contributed by atoms with Gasteiger partial charge in [0, 0.05) is 30.7 Å². The summed E-state index contributed by atoms with van der Waals surface area (Å²) in [5.74, 6) is 0.415. The molecule has 9 nitrogen and oxygen atoms in total. The minimum atomic E-state index is -0.309. The summed E-state index contributed by atoms with van der Waals surface area (Å²) < 4.78 is 1.83. The lowest BCUT2D eigenvalue weighted by Gasteiger charge is -2.06. The number of carbonyl (C=O) groups is 1. The van der Waals surface area contributed by atoms with E-state index >= 15 is 0 Å². The van der Waals surface area contributed by atoms with Crippen molar-refractivity contribution in [2.45, 2.75) is 13.5 Å². The maximum Gasteiger partial charge on any atom is 0.320 e. The number of hydrogen-bond donors (Lipinski definition) is 2. The van der Waals surface area contributed by atoms with E-state index in [1.54, 1.807) is 36.9 Å². The first-order valence-electron chi connectivity index (χ1n) is 8.81. The summed E-state index contributed by atoms with van der Waals surface area (Å²) in [5, 5.41) is 9.72. The van der Waals surface area contributed by atoms with Crippen LogP contribution in [-0.4, -0.2) is 42.3 Å². The van der Waals surface area contributed by atoms with Crippen molar-refractivity contribution in [1.29, 1.82) is 0 Å². The Morgan fingerprint density at radius 3 is 2.79 bits per heavy atom. The maximum atomic E-state index is 11.7. The normalized spacial score (nSPS) is 10.8. The maximum absolute atomic E-state index is 11.7. The Hall–Kier alpha value is -3.88. The second kappa shape index (κ2) is 7.78. The molecule has 0 bridgehead atoms. The van der Waals surface area contributed by atoms with E-state index in [-0.39, 0.29) is 6.03 Å². The van der Waals surface area contributed by atoms with E-state index in [9.17, 15) is 4.79 Å². The van der Waals surface area contributed by atoms with Crippen LogP contribution in [-0.2, 0) is 6.54 Å². The molecule has 4 aromatic rings. The molecule has 0 saturated carbocycles. The highest BCUT2D eigenvalue weighted by Gasteiger charge is 2.09. The standard InChI is InChI=1S/C19H18N8O/c1-2-21-19(28)26-17-4-3-15-18(25-17)24-16(10-22-15)14-9-23-27(12-14)11-13-5-7-20-8-6-13/h3-10,12H,2,11H2,1H3,(H2,21,24,25,26,28). The van der Waals surface area contributed by atoms with Gasteiger partial charge in [0.15, 0.2) is 5.65 Å². The molecule has 9 heteroatoms. The SMILES string of the molecule is CCNC(=O)Nc1ccc2ncc(-c3cnn(Cc4ccncc4)c3)nc2n1. The van der Waals surface area contributed by atoms with E-state index in [1.807, 2.05) is 29.9 Å². The van der Waals surface area contributed by atoms with Gasteiger partial charge in [-0.25, -0.2) is 14.8 Å². The zero-order valence-electron chi connectivity index (χ0n) is 15.2. The second-order valence-electron chi connectivity index (χ2n) is 6.06. The summed E-state index contributed by atoms with van der Waals surface area (Å²) in [6.07, 6.45) is 8.86. The number of carbonyl (C=O) groups excluding carboxylic acids is 1. The fourth-order valence-corrected chi connectivity index (χ4v) is 2.69. The predicted molar refractivity (Wildman–Crippen MR) is 105 cm³/mol. The lowest BCUT2D eigenvalue weighted by molar-refractivity contribution is 0.252. The fraction of sp³-hybridized carbons (Fsp3) is 0.158. The third-order valence-corrected chi connectivity index (χ3v) is 4.01. The topological polar surface area (TPSA) is 111 Å².